The maximum atomic E-state index is 13.5. The minimum atomic E-state index is -0.0582. The van der Waals surface area contributed by atoms with Crippen LogP contribution in [0.3, 0.4) is 0 Å². The first-order valence-electron chi connectivity index (χ1n) is 11.2. The molecule has 2 amide bonds. The summed E-state index contributed by atoms with van der Waals surface area (Å²) in [5, 5.41) is 0. The summed E-state index contributed by atoms with van der Waals surface area (Å²) in [6, 6.07) is 20.3. The molecule has 0 aliphatic carbocycles. The zero-order chi connectivity index (χ0) is 21.9. The SMILES string of the molecule is O=C(c1ccoc1)N1CCC(C(=O)N2CCN(Cc3ccccc3)c3ccccc32)CC1. The third kappa shape index (κ3) is 4.00. The largest absolute Gasteiger partial charge is 0.472 e. The van der Waals surface area contributed by atoms with Gasteiger partial charge in [0.25, 0.3) is 5.91 Å². The third-order valence-corrected chi connectivity index (χ3v) is 6.49. The van der Waals surface area contributed by atoms with Crippen LogP contribution in [0.5, 0.6) is 0 Å². The second kappa shape index (κ2) is 8.91. The average Bonchev–Trinajstić information content (AvgIpc) is 3.39. The van der Waals surface area contributed by atoms with Gasteiger partial charge in [-0.05, 0) is 36.6 Å². The molecular formula is C26H27N3O3. The van der Waals surface area contributed by atoms with E-state index in [1.54, 1.807) is 6.07 Å². The number of anilines is 2. The topological polar surface area (TPSA) is 57.0 Å². The summed E-state index contributed by atoms with van der Waals surface area (Å²) < 4.78 is 5.03. The van der Waals surface area contributed by atoms with E-state index in [0.717, 1.165) is 24.5 Å². The zero-order valence-corrected chi connectivity index (χ0v) is 18.0. The molecule has 2 aliphatic heterocycles. The van der Waals surface area contributed by atoms with Crippen molar-refractivity contribution in [3.8, 4) is 0 Å². The predicted molar refractivity (Wildman–Crippen MR) is 124 cm³/mol. The van der Waals surface area contributed by atoms with Crippen LogP contribution in [0.4, 0.5) is 11.4 Å². The third-order valence-electron chi connectivity index (χ3n) is 6.49. The van der Waals surface area contributed by atoms with Gasteiger partial charge in [0.2, 0.25) is 5.91 Å². The van der Waals surface area contributed by atoms with E-state index in [-0.39, 0.29) is 17.7 Å². The van der Waals surface area contributed by atoms with Gasteiger partial charge in [0, 0.05) is 38.6 Å². The van der Waals surface area contributed by atoms with Crippen LogP contribution in [-0.4, -0.2) is 42.9 Å². The summed E-state index contributed by atoms with van der Waals surface area (Å²) in [5.74, 6) is 0.0915. The van der Waals surface area contributed by atoms with Crippen molar-refractivity contribution < 1.29 is 14.0 Å². The Balaban J connectivity index is 1.27. The summed E-state index contributed by atoms with van der Waals surface area (Å²) in [7, 11) is 0. The lowest BCUT2D eigenvalue weighted by Gasteiger charge is -2.40. The van der Waals surface area contributed by atoms with Gasteiger partial charge < -0.3 is 19.1 Å². The van der Waals surface area contributed by atoms with E-state index in [1.165, 1.54) is 18.1 Å². The van der Waals surface area contributed by atoms with Gasteiger partial charge in [-0.3, -0.25) is 9.59 Å². The summed E-state index contributed by atoms with van der Waals surface area (Å²) in [6.07, 6.45) is 4.37. The molecule has 3 aromatic rings. The molecule has 0 spiro atoms. The lowest BCUT2D eigenvalue weighted by atomic mass is 9.94. The van der Waals surface area contributed by atoms with Crippen molar-refractivity contribution >= 4 is 23.2 Å². The van der Waals surface area contributed by atoms with Gasteiger partial charge >= 0.3 is 0 Å². The van der Waals surface area contributed by atoms with E-state index >= 15 is 0 Å². The molecule has 2 aliphatic rings. The molecule has 0 N–H and O–H groups in total. The second-order valence-electron chi connectivity index (χ2n) is 8.46. The summed E-state index contributed by atoms with van der Waals surface area (Å²) >= 11 is 0. The Labute approximate surface area is 188 Å². The van der Waals surface area contributed by atoms with Crippen LogP contribution in [0.25, 0.3) is 0 Å². The monoisotopic (exact) mass is 429 g/mol. The summed E-state index contributed by atoms with van der Waals surface area (Å²) in [5.41, 5.74) is 3.91. The number of nitrogens with zero attached hydrogens (tertiary/aromatic N) is 3. The van der Waals surface area contributed by atoms with Crippen molar-refractivity contribution in [2.24, 2.45) is 5.92 Å². The van der Waals surface area contributed by atoms with E-state index in [0.29, 0.717) is 38.0 Å². The number of hydrogen-bond acceptors (Lipinski definition) is 4. The number of fused-ring (bicyclic) bond motifs is 1. The van der Waals surface area contributed by atoms with Crippen molar-refractivity contribution in [2.75, 3.05) is 36.0 Å². The molecule has 0 unspecified atom stereocenters. The highest BCUT2D eigenvalue weighted by molar-refractivity contribution is 5.99. The van der Waals surface area contributed by atoms with Gasteiger partial charge in [-0.1, -0.05) is 42.5 Å². The molecule has 1 fully saturated rings. The van der Waals surface area contributed by atoms with Gasteiger partial charge in [-0.2, -0.15) is 0 Å². The van der Waals surface area contributed by atoms with Crippen molar-refractivity contribution in [3.63, 3.8) is 0 Å². The zero-order valence-electron chi connectivity index (χ0n) is 18.0. The highest BCUT2D eigenvalue weighted by atomic mass is 16.3. The van der Waals surface area contributed by atoms with Crippen LogP contribution in [-0.2, 0) is 11.3 Å². The van der Waals surface area contributed by atoms with Gasteiger partial charge in [-0.15, -0.1) is 0 Å². The van der Waals surface area contributed by atoms with Gasteiger partial charge in [0.1, 0.15) is 6.26 Å². The molecular weight excluding hydrogens is 402 g/mol. The normalized spacial score (nSPS) is 16.7. The molecule has 6 nitrogen and oxygen atoms in total. The number of piperidine rings is 1. The fraction of sp³-hybridized carbons (Fsp3) is 0.308. The number of carbonyl (C=O) groups excluding carboxylic acids is 2. The number of hydrogen-bond donors (Lipinski definition) is 0. The Hall–Kier alpha value is -3.54. The molecule has 2 aromatic carbocycles. The fourth-order valence-electron chi connectivity index (χ4n) is 4.74. The first kappa shape index (κ1) is 20.4. The average molecular weight is 430 g/mol. The number of furan rings is 1. The van der Waals surface area contributed by atoms with Crippen LogP contribution in [0.2, 0.25) is 0 Å². The molecule has 0 atom stereocenters. The van der Waals surface area contributed by atoms with E-state index in [2.05, 4.69) is 35.2 Å². The number of para-hydroxylation sites is 2. The lowest BCUT2D eigenvalue weighted by Crippen LogP contribution is -2.48. The Bertz CT molecular complexity index is 1070. The quantitative estimate of drug-likeness (QED) is 0.624. The van der Waals surface area contributed by atoms with Crippen LogP contribution >= 0.6 is 0 Å². The van der Waals surface area contributed by atoms with Crippen LogP contribution in [0, 0.1) is 5.92 Å². The number of benzene rings is 2. The van der Waals surface area contributed by atoms with Crippen molar-refractivity contribution in [2.45, 2.75) is 19.4 Å². The van der Waals surface area contributed by atoms with E-state index in [4.69, 9.17) is 4.42 Å². The van der Waals surface area contributed by atoms with Crippen molar-refractivity contribution in [1.82, 2.24) is 4.90 Å². The molecule has 164 valence electrons. The van der Waals surface area contributed by atoms with E-state index in [1.807, 2.05) is 34.1 Å². The maximum absolute atomic E-state index is 13.5. The Kier molecular flexibility index (Phi) is 5.67. The maximum Gasteiger partial charge on any atom is 0.257 e. The minimum Gasteiger partial charge on any atom is -0.472 e. The fourth-order valence-corrected chi connectivity index (χ4v) is 4.74. The first-order valence-corrected chi connectivity index (χ1v) is 11.2. The number of likely N-dealkylation sites (tertiary alicyclic amines) is 1. The highest BCUT2D eigenvalue weighted by Gasteiger charge is 2.34. The smallest absolute Gasteiger partial charge is 0.257 e. The van der Waals surface area contributed by atoms with Crippen molar-refractivity contribution in [1.29, 1.82) is 0 Å². The second-order valence-corrected chi connectivity index (χ2v) is 8.46. The number of carbonyl (C=O) groups is 2. The van der Waals surface area contributed by atoms with E-state index in [9.17, 15) is 9.59 Å². The number of rotatable bonds is 4. The molecule has 32 heavy (non-hydrogen) atoms. The summed E-state index contributed by atoms with van der Waals surface area (Å²) in [6.45, 7) is 3.49. The van der Waals surface area contributed by atoms with Gasteiger partial charge in [0.15, 0.2) is 0 Å². The first-order chi connectivity index (χ1) is 15.7. The Morgan fingerprint density at radius 1 is 0.844 bits per heavy atom. The Morgan fingerprint density at radius 2 is 1.56 bits per heavy atom. The molecule has 0 bridgehead atoms. The molecule has 3 heterocycles. The molecule has 6 heteroatoms. The Morgan fingerprint density at radius 3 is 2.28 bits per heavy atom. The highest BCUT2D eigenvalue weighted by Crippen LogP contribution is 2.35. The van der Waals surface area contributed by atoms with Gasteiger partial charge in [0.05, 0.1) is 23.2 Å². The minimum absolute atomic E-state index is 0.0236. The van der Waals surface area contributed by atoms with Crippen molar-refractivity contribution in [3.05, 3.63) is 84.3 Å². The van der Waals surface area contributed by atoms with Crippen LogP contribution < -0.4 is 9.80 Å². The van der Waals surface area contributed by atoms with Gasteiger partial charge in [-0.25, -0.2) is 0 Å². The molecule has 0 saturated carbocycles. The molecule has 1 saturated heterocycles. The lowest BCUT2D eigenvalue weighted by molar-refractivity contribution is -0.123. The molecule has 1 aromatic heterocycles. The predicted octanol–water partition coefficient (Wildman–Crippen LogP) is 4.19. The summed E-state index contributed by atoms with van der Waals surface area (Å²) in [4.78, 5) is 32.1. The van der Waals surface area contributed by atoms with Crippen LogP contribution in [0.15, 0.2) is 77.6 Å². The molecule has 0 radical (unpaired) electrons. The van der Waals surface area contributed by atoms with Crippen LogP contribution in [0.1, 0.15) is 28.8 Å². The van der Waals surface area contributed by atoms with E-state index < -0.39 is 0 Å². The number of amides is 2. The molecule has 5 rings (SSSR count). The standard InChI is InChI=1S/C26H27N3O3/c30-25(22-12-17-32-19-22)27-13-10-21(11-14-27)26(31)29-16-15-28(18-20-6-2-1-3-7-20)23-8-4-5-9-24(23)29/h1-9,12,17,19,21H,10-11,13-16,18H2.